The van der Waals surface area contributed by atoms with Crippen molar-refractivity contribution in [3.05, 3.63) is 12.4 Å². The van der Waals surface area contributed by atoms with Crippen LogP contribution in [0.1, 0.15) is 13.8 Å². The summed E-state index contributed by atoms with van der Waals surface area (Å²) in [7, 11) is 0. The van der Waals surface area contributed by atoms with Crippen molar-refractivity contribution in [3.8, 4) is 11.9 Å². The van der Waals surface area contributed by atoms with Gasteiger partial charge in [0.1, 0.15) is 0 Å². The Labute approximate surface area is 106 Å². The first-order chi connectivity index (χ1) is 8.70. The average Bonchev–Trinajstić information content (AvgIpc) is 2.39. The molecule has 0 N–H and O–H groups in total. The summed E-state index contributed by atoms with van der Waals surface area (Å²) in [5, 5.41) is 8.90. The van der Waals surface area contributed by atoms with E-state index in [-0.39, 0.29) is 6.10 Å². The number of hydrogen-bond donors (Lipinski definition) is 0. The van der Waals surface area contributed by atoms with Crippen molar-refractivity contribution < 1.29 is 9.47 Å². The maximum absolute atomic E-state index is 8.90. The van der Waals surface area contributed by atoms with Crippen molar-refractivity contribution in [1.29, 1.82) is 5.26 Å². The Balaban J connectivity index is 2.19. The summed E-state index contributed by atoms with van der Waals surface area (Å²) < 4.78 is 10.9. The molecule has 0 bridgehead atoms. The summed E-state index contributed by atoms with van der Waals surface area (Å²) in [4.78, 5) is 10.5. The Morgan fingerprint density at radius 1 is 1.50 bits per heavy atom. The summed E-state index contributed by atoms with van der Waals surface area (Å²) in [6.45, 7) is 5.57. The van der Waals surface area contributed by atoms with E-state index < -0.39 is 6.10 Å². The largest absolute Gasteiger partial charge is 0.472 e. The summed E-state index contributed by atoms with van der Waals surface area (Å²) in [6, 6.07) is 2.11. The predicted octanol–water partition coefficient (Wildman–Crippen LogP) is 0.993. The second-order valence-corrected chi connectivity index (χ2v) is 4.29. The van der Waals surface area contributed by atoms with Gasteiger partial charge in [0.05, 0.1) is 25.3 Å². The van der Waals surface area contributed by atoms with Gasteiger partial charge in [0.15, 0.2) is 11.9 Å². The number of nitrogens with zero attached hydrogens (tertiary/aromatic N) is 4. The molecule has 0 spiro atoms. The molecule has 6 heteroatoms. The first kappa shape index (κ1) is 12.6. The summed E-state index contributed by atoms with van der Waals surface area (Å²) in [5.74, 6) is 1.18. The molecule has 0 radical (unpaired) electrons. The first-order valence-corrected chi connectivity index (χ1v) is 5.94. The summed E-state index contributed by atoms with van der Waals surface area (Å²) >= 11 is 0. The fraction of sp³-hybridized carbons (Fsp3) is 0.583. The molecule has 1 aliphatic rings. The molecule has 0 saturated carbocycles. The van der Waals surface area contributed by atoms with E-state index >= 15 is 0 Å². The van der Waals surface area contributed by atoms with Crippen LogP contribution in [0.2, 0.25) is 0 Å². The number of ether oxygens (including phenoxy) is 2. The SMILES string of the molecule is CC(C)Oc1nccnc1N1CCOC(C#N)C1. The topological polar surface area (TPSA) is 71.3 Å². The second kappa shape index (κ2) is 5.65. The van der Waals surface area contributed by atoms with Gasteiger partial charge in [-0.25, -0.2) is 9.97 Å². The molecule has 1 saturated heterocycles. The van der Waals surface area contributed by atoms with E-state index in [0.717, 1.165) is 0 Å². The maximum Gasteiger partial charge on any atom is 0.257 e. The smallest absolute Gasteiger partial charge is 0.257 e. The van der Waals surface area contributed by atoms with Gasteiger partial charge in [-0.15, -0.1) is 0 Å². The van der Waals surface area contributed by atoms with Crippen LogP contribution in [0.25, 0.3) is 0 Å². The van der Waals surface area contributed by atoms with Crippen LogP contribution in [-0.2, 0) is 4.74 Å². The maximum atomic E-state index is 8.90. The van der Waals surface area contributed by atoms with E-state index in [2.05, 4.69) is 16.0 Å². The van der Waals surface area contributed by atoms with Crippen LogP contribution in [-0.4, -0.2) is 41.9 Å². The van der Waals surface area contributed by atoms with Crippen LogP contribution in [0.3, 0.4) is 0 Å². The molecule has 18 heavy (non-hydrogen) atoms. The van der Waals surface area contributed by atoms with Crippen LogP contribution in [0.15, 0.2) is 12.4 Å². The van der Waals surface area contributed by atoms with Crippen molar-refractivity contribution in [3.63, 3.8) is 0 Å². The van der Waals surface area contributed by atoms with Gasteiger partial charge >= 0.3 is 0 Å². The molecule has 96 valence electrons. The molecular formula is C12H16N4O2. The molecular weight excluding hydrogens is 232 g/mol. The van der Waals surface area contributed by atoms with E-state index in [0.29, 0.717) is 31.4 Å². The molecule has 0 amide bonds. The quantitative estimate of drug-likeness (QED) is 0.794. The highest BCUT2D eigenvalue weighted by molar-refractivity contribution is 5.48. The van der Waals surface area contributed by atoms with Crippen molar-refractivity contribution in [1.82, 2.24) is 9.97 Å². The van der Waals surface area contributed by atoms with Crippen molar-refractivity contribution in [2.75, 3.05) is 24.6 Å². The van der Waals surface area contributed by atoms with Gasteiger partial charge in [0.2, 0.25) is 0 Å². The number of aromatic nitrogens is 2. The van der Waals surface area contributed by atoms with E-state index in [9.17, 15) is 0 Å². The van der Waals surface area contributed by atoms with E-state index in [4.69, 9.17) is 14.7 Å². The van der Waals surface area contributed by atoms with Gasteiger partial charge in [-0.05, 0) is 13.8 Å². The number of morpholine rings is 1. The molecule has 1 aromatic heterocycles. The van der Waals surface area contributed by atoms with Gasteiger partial charge in [-0.3, -0.25) is 0 Å². The van der Waals surface area contributed by atoms with Crippen molar-refractivity contribution in [2.24, 2.45) is 0 Å². The number of anilines is 1. The molecule has 1 atom stereocenters. The third-order valence-corrected chi connectivity index (χ3v) is 2.50. The third kappa shape index (κ3) is 2.87. The minimum absolute atomic E-state index is 0.0354. The highest BCUT2D eigenvalue weighted by Crippen LogP contribution is 2.25. The molecule has 1 fully saturated rings. The first-order valence-electron chi connectivity index (χ1n) is 5.94. The zero-order valence-corrected chi connectivity index (χ0v) is 10.5. The van der Waals surface area contributed by atoms with Crippen LogP contribution < -0.4 is 9.64 Å². The van der Waals surface area contributed by atoms with Gasteiger partial charge in [-0.2, -0.15) is 5.26 Å². The highest BCUT2D eigenvalue weighted by atomic mass is 16.5. The molecule has 1 unspecified atom stereocenters. The average molecular weight is 248 g/mol. The lowest BCUT2D eigenvalue weighted by molar-refractivity contribution is 0.0757. The minimum atomic E-state index is -0.423. The number of rotatable bonds is 3. The van der Waals surface area contributed by atoms with Crippen molar-refractivity contribution in [2.45, 2.75) is 26.1 Å². The van der Waals surface area contributed by atoms with Gasteiger partial charge in [0.25, 0.3) is 5.88 Å². The standard InChI is InChI=1S/C12H16N4O2/c1-9(2)18-12-11(14-3-4-15-12)16-5-6-17-10(7-13)8-16/h3-4,9-10H,5-6,8H2,1-2H3. The Hall–Kier alpha value is -1.87. The monoisotopic (exact) mass is 248 g/mol. The third-order valence-electron chi connectivity index (χ3n) is 2.50. The lowest BCUT2D eigenvalue weighted by atomic mass is 10.3. The lowest BCUT2D eigenvalue weighted by Crippen LogP contribution is -2.42. The van der Waals surface area contributed by atoms with Gasteiger partial charge in [0, 0.05) is 18.9 Å². The van der Waals surface area contributed by atoms with E-state index in [1.54, 1.807) is 12.4 Å². The Morgan fingerprint density at radius 3 is 3.00 bits per heavy atom. The Bertz CT molecular complexity index is 444. The fourth-order valence-electron chi connectivity index (χ4n) is 1.76. The Morgan fingerprint density at radius 2 is 2.28 bits per heavy atom. The summed E-state index contributed by atoms with van der Waals surface area (Å²) in [6.07, 6.45) is 2.84. The number of hydrogen-bond acceptors (Lipinski definition) is 6. The highest BCUT2D eigenvalue weighted by Gasteiger charge is 2.24. The lowest BCUT2D eigenvalue weighted by Gasteiger charge is -2.31. The Kier molecular flexibility index (Phi) is 3.95. The molecule has 1 aromatic rings. The molecule has 6 nitrogen and oxygen atoms in total. The van der Waals surface area contributed by atoms with Crippen LogP contribution in [0.4, 0.5) is 5.82 Å². The van der Waals surface area contributed by atoms with E-state index in [1.807, 2.05) is 18.7 Å². The van der Waals surface area contributed by atoms with Crippen molar-refractivity contribution >= 4 is 5.82 Å². The summed E-state index contributed by atoms with van der Waals surface area (Å²) in [5.41, 5.74) is 0. The molecule has 2 heterocycles. The molecule has 0 aliphatic carbocycles. The zero-order valence-electron chi connectivity index (χ0n) is 10.5. The number of nitriles is 1. The fourth-order valence-corrected chi connectivity index (χ4v) is 1.76. The van der Waals surface area contributed by atoms with Gasteiger partial charge in [-0.1, -0.05) is 0 Å². The second-order valence-electron chi connectivity index (χ2n) is 4.29. The predicted molar refractivity (Wildman–Crippen MR) is 65.4 cm³/mol. The zero-order chi connectivity index (χ0) is 13.0. The van der Waals surface area contributed by atoms with Crippen LogP contribution in [0.5, 0.6) is 5.88 Å². The molecule has 2 rings (SSSR count). The van der Waals surface area contributed by atoms with Crippen LogP contribution in [0, 0.1) is 11.3 Å². The minimum Gasteiger partial charge on any atom is -0.472 e. The normalized spacial score (nSPS) is 19.7. The van der Waals surface area contributed by atoms with E-state index in [1.165, 1.54) is 0 Å². The van der Waals surface area contributed by atoms with Crippen LogP contribution >= 0.6 is 0 Å². The molecule has 0 aromatic carbocycles. The van der Waals surface area contributed by atoms with Gasteiger partial charge < -0.3 is 14.4 Å². The molecule has 1 aliphatic heterocycles.